The van der Waals surface area contributed by atoms with Crippen molar-refractivity contribution in [3.05, 3.63) is 69.8 Å². The van der Waals surface area contributed by atoms with Gasteiger partial charge < -0.3 is 9.80 Å². The van der Waals surface area contributed by atoms with Gasteiger partial charge in [-0.25, -0.2) is 0 Å². The van der Waals surface area contributed by atoms with Gasteiger partial charge in [0.05, 0.1) is 21.8 Å². The summed E-state index contributed by atoms with van der Waals surface area (Å²) < 4.78 is 33.0. The number of nitro benzene ring substituents is 1. The fourth-order valence-corrected chi connectivity index (χ4v) is 4.89. The number of hydrogen-bond donors (Lipinski definition) is 1. The zero-order valence-electron chi connectivity index (χ0n) is 20.0. The smallest absolute Gasteiger partial charge is 0.294 e. The third-order valence-electron chi connectivity index (χ3n) is 5.98. The summed E-state index contributed by atoms with van der Waals surface area (Å²) in [5.41, 5.74) is 0.825. The SMILES string of the molecule is CCCN1C(=O)[C@H](c2ccccc2S(=O)(=O)O)[C@H]1c1ccc([N+](=O)[O-])cc1.CCN(CC)CC. The van der Waals surface area contributed by atoms with Gasteiger partial charge in [0.15, 0.2) is 0 Å². The summed E-state index contributed by atoms with van der Waals surface area (Å²) in [6.45, 7) is 12.5. The van der Waals surface area contributed by atoms with E-state index >= 15 is 0 Å². The second-order valence-electron chi connectivity index (χ2n) is 7.94. The highest BCUT2D eigenvalue weighted by atomic mass is 32.2. The second kappa shape index (κ2) is 12.0. The molecule has 9 nitrogen and oxygen atoms in total. The standard InChI is InChI=1S/C18H18N2O6S.C6H15N/c1-2-11-19-17(12-7-9-13(10-8-12)20(22)23)16(18(19)21)14-5-3-4-6-15(14)27(24,25)26;1-4-7(5-2)6-3/h3-10,16-17H,2,11H2,1H3,(H,24,25,26);4-6H2,1-3H3/t16-,17-;/m1./s1. The number of carbonyl (C=O) groups excluding carboxylic acids is 1. The zero-order valence-corrected chi connectivity index (χ0v) is 20.9. The molecule has 2 atom stereocenters. The number of likely N-dealkylation sites (tertiary alicyclic amines) is 1. The Morgan fingerprint density at radius 2 is 1.56 bits per heavy atom. The molecule has 2 aromatic carbocycles. The van der Waals surface area contributed by atoms with Gasteiger partial charge in [-0.05, 0) is 43.2 Å². The number of rotatable bonds is 9. The first-order valence-electron chi connectivity index (χ1n) is 11.4. The molecular formula is C24H33N3O6S. The largest absolute Gasteiger partial charge is 0.334 e. The molecule has 1 saturated heterocycles. The summed E-state index contributed by atoms with van der Waals surface area (Å²) in [5, 5.41) is 10.9. The first-order chi connectivity index (χ1) is 16.1. The van der Waals surface area contributed by atoms with Crippen LogP contribution in [0.5, 0.6) is 0 Å². The van der Waals surface area contributed by atoms with Crippen molar-refractivity contribution in [1.82, 2.24) is 9.80 Å². The van der Waals surface area contributed by atoms with E-state index < -0.39 is 27.0 Å². The van der Waals surface area contributed by atoms with Gasteiger partial charge in [0.25, 0.3) is 15.8 Å². The summed E-state index contributed by atoms with van der Waals surface area (Å²) in [4.78, 5) is 26.8. The number of hydrogen-bond acceptors (Lipinski definition) is 6. The zero-order chi connectivity index (χ0) is 25.5. The lowest BCUT2D eigenvalue weighted by Crippen LogP contribution is -2.53. The van der Waals surface area contributed by atoms with Crippen molar-refractivity contribution in [2.24, 2.45) is 0 Å². The van der Waals surface area contributed by atoms with Gasteiger partial charge in [0, 0.05) is 18.7 Å². The Kier molecular flexibility index (Phi) is 9.72. The van der Waals surface area contributed by atoms with Crippen molar-refractivity contribution in [2.75, 3.05) is 26.2 Å². The van der Waals surface area contributed by atoms with Crippen LogP contribution in [0.2, 0.25) is 0 Å². The van der Waals surface area contributed by atoms with Crippen LogP contribution in [0.1, 0.15) is 57.2 Å². The van der Waals surface area contributed by atoms with Crippen molar-refractivity contribution < 1.29 is 22.7 Å². The van der Waals surface area contributed by atoms with Crippen molar-refractivity contribution in [2.45, 2.75) is 51.0 Å². The number of carbonyl (C=O) groups is 1. The lowest BCUT2D eigenvalue weighted by atomic mass is 9.77. The predicted molar refractivity (Wildman–Crippen MR) is 130 cm³/mol. The molecule has 34 heavy (non-hydrogen) atoms. The lowest BCUT2D eigenvalue weighted by Gasteiger charge is -2.48. The van der Waals surface area contributed by atoms with Gasteiger partial charge in [0.1, 0.15) is 0 Å². The molecule has 0 spiro atoms. The number of β-lactam (4-membered cyclic amide) rings is 1. The van der Waals surface area contributed by atoms with E-state index in [1.165, 1.54) is 50.0 Å². The van der Waals surface area contributed by atoms with Gasteiger partial charge in [-0.3, -0.25) is 19.5 Å². The Morgan fingerprint density at radius 3 is 2.00 bits per heavy atom. The summed E-state index contributed by atoms with van der Waals surface area (Å²) >= 11 is 0. The number of amides is 1. The summed E-state index contributed by atoms with van der Waals surface area (Å²) in [7, 11) is -4.49. The van der Waals surface area contributed by atoms with Crippen molar-refractivity contribution in [3.63, 3.8) is 0 Å². The Labute approximate surface area is 201 Å². The fraction of sp³-hybridized carbons (Fsp3) is 0.458. The molecule has 1 aliphatic rings. The van der Waals surface area contributed by atoms with Crippen LogP contribution in [0.3, 0.4) is 0 Å². The van der Waals surface area contributed by atoms with Gasteiger partial charge >= 0.3 is 0 Å². The number of benzene rings is 2. The molecule has 0 bridgehead atoms. The Hall–Kier alpha value is -2.82. The predicted octanol–water partition coefficient (Wildman–Crippen LogP) is 4.27. The van der Waals surface area contributed by atoms with E-state index in [2.05, 4.69) is 25.7 Å². The molecule has 2 aromatic rings. The van der Waals surface area contributed by atoms with Crippen molar-refractivity contribution in [3.8, 4) is 0 Å². The van der Waals surface area contributed by atoms with E-state index in [0.717, 1.165) is 0 Å². The van der Waals surface area contributed by atoms with Gasteiger partial charge in [0.2, 0.25) is 5.91 Å². The molecule has 0 aliphatic carbocycles. The van der Waals surface area contributed by atoms with Crippen LogP contribution in [0.25, 0.3) is 0 Å². The maximum atomic E-state index is 12.7. The van der Waals surface area contributed by atoms with E-state index in [1.54, 1.807) is 23.1 Å². The van der Waals surface area contributed by atoms with Crippen LogP contribution in [0.4, 0.5) is 5.69 Å². The van der Waals surface area contributed by atoms with Crippen molar-refractivity contribution >= 4 is 21.7 Å². The fourth-order valence-electron chi connectivity index (χ4n) is 4.15. The van der Waals surface area contributed by atoms with Gasteiger partial charge in [-0.15, -0.1) is 0 Å². The molecule has 186 valence electrons. The molecule has 1 aliphatic heterocycles. The summed E-state index contributed by atoms with van der Waals surface area (Å²) in [6.07, 6.45) is 0.710. The van der Waals surface area contributed by atoms with Crippen LogP contribution in [0, 0.1) is 10.1 Å². The minimum Gasteiger partial charge on any atom is -0.334 e. The van der Waals surface area contributed by atoms with Gasteiger partial charge in [-0.2, -0.15) is 8.42 Å². The van der Waals surface area contributed by atoms with Crippen molar-refractivity contribution in [1.29, 1.82) is 0 Å². The molecule has 0 unspecified atom stereocenters. The van der Waals surface area contributed by atoms with Crippen LogP contribution < -0.4 is 0 Å². The van der Waals surface area contributed by atoms with E-state index in [4.69, 9.17) is 0 Å². The monoisotopic (exact) mass is 491 g/mol. The quantitative estimate of drug-likeness (QED) is 0.241. The third-order valence-corrected chi connectivity index (χ3v) is 6.91. The lowest BCUT2D eigenvalue weighted by molar-refractivity contribution is -0.384. The second-order valence-corrected chi connectivity index (χ2v) is 9.33. The molecule has 0 aromatic heterocycles. The average Bonchev–Trinajstić information content (AvgIpc) is 2.82. The maximum absolute atomic E-state index is 12.7. The minimum absolute atomic E-state index is 0.0682. The molecule has 3 rings (SSSR count). The molecule has 0 saturated carbocycles. The molecule has 1 N–H and O–H groups in total. The highest BCUT2D eigenvalue weighted by Crippen LogP contribution is 2.48. The van der Waals surface area contributed by atoms with Crippen LogP contribution in [-0.4, -0.2) is 59.8 Å². The Balaban J connectivity index is 0.000000509. The van der Waals surface area contributed by atoms with E-state index in [0.29, 0.717) is 18.5 Å². The maximum Gasteiger partial charge on any atom is 0.294 e. The van der Waals surface area contributed by atoms with Crippen LogP contribution >= 0.6 is 0 Å². The molecule has 1 amide bonds. The number of non-ortho nitro benzene ring substituents is 1. The molecule has 1 fully saturated rings. The normalized spacial score (nSPS) is 17.7. The molecule has 1 heterocycles. The third kappa shape index (κ3) is 6.19. The summed E-state index contributed by atoms with van der Waals surface area (Å²) in [5.74, 6) is -1.02. The average molecular weight is 492 g/mol. The topological polar surface area (TPSA) is 121 Å². The number of nitro groups is 1. The highest BCUT2D eigenvalue weighted by Gasteiger charge is 2.49. The minimum atomic E-state index is -4.49. The Morgan fingerprint density at radius 1 is 1.00 bits per heavy atom. The number of nitrogens with zero attached hydrogens (tertiary/aromatic N) is 3. The Bertz CT molecular complexity index is 1080. The molecule has 10 heteroatoms. The van der Waals surface area contributed by atoms with Crippen LogP contribution in [0.15, 0.2) is 53.4 Å². The van der Waals surface area contributed by atoms with Crippen LogP contribution in [-0.2, 0) is 14.9 Å². The molecule has 0 radical (unpaired) electrons. The first-order valence-corrected chi connectivity index (χ1v) is 12.9. The van der Waals surface area contributed by atoms with E-state index in [-0.39, 0.29) is 22.1 Å². The van der Waals surface area contributed by atoms with Gasteiger partial charge in [-0.1, -0.05) is 58.0 Å². The molecular weight excluding hydrogens is 458 g/mol. The summed E-state index contributed by atoms with van der Waals surface area (Å²) in [6, 6.07) is 11.2. The first kappa shape index (κ1) is 27.4. The highest BCUT2D eigenvalue weighted by molar-refractivity contribution is 7.85. The van der Waals surface area contributed by atoms with E-state index in [1.807, 2.05) is 6.92 Å². The van der Waals surface area contributed by atoms with E-state index in [9.17, 15) is 27.9 Å².